The molecule has 2 bridgehead atoms. The fourth-order valence-electron chi connectivity index (χ4n) is 2.94. The molecule has 1 atom stereocenters. The molecule has 3 heterocycles. The molecule has 3 aliphatic rings. The number of allylic oxidation sites excluding steroid dienone is 3. The van der Waals surface area contributed by atoms with E-state index in [1.807, 2.05) is 6.08 Å². The van der Waals surface area contributed by atoms with Gasteiger partial charge in [-0.2, -0.15) is 0 Å². The third-order valence-corrected chi connectivity index (χ3v) is 3.92. The first-order chi connectivity index (χ1) is 6.83. The molecule has 3 rings (SSSR count). The third-order valence-electron chi connectivity index (χ3n) is 3.92. The molecule has 0 spiro atoms. The number of nitrogens with zero attached hydrogens (tertiary/aromatic N) is 1. The van der Waals surface area contributed by atoms with Gasteiger partial charge in [-0.15, -0.1) is 0 Å². The molecule has 0 saturated carbocycles. The molecule has 78 valence electrons. The van der Waals surface area contributed by atoms with Gasteiger partial charge in [-0.05, 0) is 51.1 Å². The lowest BCUT2D eigenvalue weighted by atomic mass is 9.76. The van der Waals surface area contributed by atoms with Crippen LogP contribution in [0.2, 0.25) is 0 Å². The zero-order valence-electron chi connectivity index (χ0n) is 9.21. The Morgan fingerprint density at radius 2 is 2.14 bits per heavy atom. The van der Waals surface area contributed by atoms with Gasteiger partial charge in [0.1, 0.15) is 0 Å². The molecule has 3 fully saturated rings. The standard InChI is InChI=1S/C13H21N/c1-3-11(4-2)9-13-10-14-7-5-12(13)6-8-14/h3-4,12-13H,1,5-10H2,2H3/b11-4+. The second-order valence-corrected chi connectivity index (χ2v) is 4.67. The van der Waals surface area contributed by atoms with Crippen LogP contribution in [0.3, 0.4) is 0 Å². The van der Waals surface area contributed by atoms with Crippen molar-refractivity contribution in [2.45, 2.75) is 26.2 Å². The molecule has 3 aliphatic heterocycles. The van der Waals surface area contributed by atoms with Crippen LogP contribution in [0.15, 0.2) is 24.3 Å². The maximum absolute atomic E-state index is 3.88. The molecular weight excluding hydrogens is 170 g/mol. The van der Waals surface area contributed by atoms with Gasteiger partial charge >= 0.3 is 0 Å². The maximum Gasteiger partial charge on any atom is 0.00155 e. The van der Waals surface area contributed by atoms with E-state index in [1.165, 1.54) is 44.5 Å². The summed E-state index contributed by atoms with van der Waals surface area (Å²) in [6.07, 6.45) is 8.35. The van der Waals surface area contributed by atoms with E-state index < -0.39 is 0 Å². The average Bonchev–Trinajstić information content (AvgIpc) is 2.27. The summed E-state index contributed by atoms with van der Waals surface area (Å²) < 4.78 is 0. The van der Waals surface area contributed by atoms with Gasteiger partial charge in [0.05, 0.1) is 0 Å². The Bertz CT molecular complexity index is 234. The molecule has 0 aromatic rings. The Balaban J connectivity index is 1.95. The van der Waals surface area contributed by atoms with Crippen molar-refractivity contribution in [3.05, 3.63) is 24.3 Å². The molecule has 14 heavy (non-hydrogen) atoms. The average molecular weight is 191 g/mol. The van der Waals surface area contributed by atoms with Crippen LogP contribution in [0, 0.1) is 11.8 Å². The van der Waals surface area contributed by atoms with Crippen molar-refractivity contribution in [2.75, 3.05) is 19.6 Å². The zero-order valence-corrected chi connectivity index (χ0v) is 9.21. The van der Waals surface area contributed by atoms with E-state index in [-0.39, 0.29) is 0 Å². The van der Waals surface area contributed by atoms with Gasteiger partial charge in [-0.25, -0.2) is 0 Å². The Hall–Kier alpha value is -0.560. The SMILES string of the molecule is C=C/C(=C\C)CC1CN2CCC1CC2. The first-order valence-corrected chi connectivity index (χ1v) is 5.83. The lowest BCUT2D eigenvalue weighted by Crippen LogP contribution is -2.47. The molecular formula is C13H21N. The van der Waals surface area contributed by atoms with E-state index in [0.717, 1.165) is 11.8 Å². The predicted octanol–water partition coefficient (Wildman–Crippen LogP) is 2.85. The zero-order chi connectivity index (χ0) is 9.97. The Morgan fingerprint density at radius 3 is 2.57 bits per heavy atom. The van der Waals surface area contributed by atoms with Gasteiger partial charge in [0.25, 0.3) is 0 Å². The van der Waals surface area contributed by atoms with Crippen molar-refractivity contribution < 1.29 is 0 Å². The van der Waals surface area contributed by atoms with Crippen molar-refractivity contribution in [1.29, 1.82) is 0 Å². The minimum absolute atomic E-state index is 0.904. The van der Waals surface area contributed by atoms with Gasteiger partial charge in [0.2, 0.25) is 0 Å². The first kappa shape index (κ1) is 9.97. The summed E-state index contributed by atoms with van der Waals surface area (Å²) in [7, 11) is 0. The normalized spacial score (nSPS) is 37.2. The number of hydrogen-bond donors (Lipinski definition) is 0. The highest BCUT2D eigenvalue weighted by atomic mass is 15.1. The van der Waals surface area contributed by atoms with Crippen molar-refractivity contribution in [2.24, 2.45) is 11.8 Å². The molecule has 1 heteroatoms. The molecule has 3 saturated heterocycles. The number of fused-ring (bicyclic) bond motifs is 3. The second kappa shape index (κ2) is 4.31. The summed E-state index contributed by atoms with van der Waals surface area (Å²) in [5.41, 5.74) is 1.43. The van der Waals surface area contributed by atoms with Crippen LogP contribution in [0.1, 0.15) is 26.2 Å². The van der Waals surface area contributed by atoms with Crippen LogP contribution in [-0.4, -0.2) is 24.5 Å². The summed E-state index contributed by atoms with van der Waals surface area (Å²) in [5.74, 6) is 1.90. The maximum atomic E-state index is 3.88. The molecule has 0 amide bonds. The highest BCUT2D eigenvalue weighted by Gasteiger charge is 2.33. The van der Waals surface area contributed by atoms with Crippen LogP contribution >= 0.6 is 0 Å². The molecule has 0 aromatic heterocycles. The van der Waals surface area contributed by atoms with Gasteiger partial charge in [0, 0.05) is 6.54 Å². The number of hydrogen-bond acceptors (Lipinski definition) is 1. The summed E-state index contributed by atoms with van der Waals surface area (Å²) in [4.78, 5) is 2.63. The Kier molecular flexibility index (Phi) is 3.07. The van der Waals surface area contributed by atoms with Crippen LogP contribution in [0.25, 0.3) is 0 Å². The fraction of sp³-hybridized carbons (Fsp3) is 0.692. The second-order valence-electron chi connectivity index (χ2n) is 4.67. The van der Waals surface area contributed by atoms with E-state index >= 15 is 0 Å². The summed E-state index contributed by atoms with van der Waals surface area (Å²) >= 11 is 0. The first-order valence-electron chi connectivity index (χ1n) is 5.83. The smallest absolute Gasteiger partial charge is 0.00155 e. The van der Waals surface area contributed by atoms with Crippen molar-refractivity contribution in [3.8, 4) is 0 Å². The number of rotatable bonds is 3. The summed E-state index contributed by atoms with van der Waals surface area (Å²) in [6.45, 7) is 10.0. The van der Waals surface area contributed by atoms with Gasteiger partial charge in [-0.3, -0.25) is 0 Å². The highest BCUT2D eigenvalue weighted by molar-refractivity contribution is 5.16. The Morgan fingerprint density at radius 1 is 1.43 bits per heavy atom. The van der Waals surface area contributed by atoms with Gasteiger partial charge in [-0.1, -0.05) is 24.3 Å². The predicted molar refractivity (Wildman–Crippen MR) is 61.2 cm³/mol. The molecule has 0 radical (unpaired) electrons. The summed E-state index contributed by atoms with van der Waals surface area (Å²) in [5, 5.41) is 0. The number of piperidine rings is 3. The molecule has 0 N–H and O–H groups in total. The topological polar surface area (TPSA) is 3.24 Å². The fourth-order valence-corrected chi connectivity index (χ4v) is 2.94. The van der Waals surface area contributed by atoms with E-state index in [2.05, 4.69) is 24.5 Å². The van der Waals surface area contributed by atoms with Crippen LogP contribution in [0.5, 0.6) is 0 Å². The summed E-state index contributed by atoms with van der Waals surface area (Å²) in [6, 6.07) is 0. The van der Waals surface area contributed by atoms with E-state index in [0.29, 0.717) is 0 Å². The van der Waals surface area contributed by atoms with Crippen LogP contribution in [0.4, 0.5) is 0 Å². The molecule has 0 aliphatic carbocycles. The third kappa shape index (κ3) is 1.93. The van der Waals surface area contributed by atoms with Crippen molar-refractivity contribution >= 4 is 0 Å². The van der Waals surface area contributed by atoms with Crippen LogP contribution in [-0.2, 0) is 0 Å². The minimum atomic E-state index is 0.904. The van der Waals surface area contributed by atoms with Crippen LogP contribution < -0.4 is 0 Å². The molecule has 0 aromatic carbocycles. The minimum Gasteiger partial charge on any atom is -0.303 e. The monoisotopic (exact) mass is 191 g/mol. The van der Waals surface area contributed by atoms with E-state index in [4.69, 9.17) is 0 Å². The van der Waals surface area contributed by atoms with Crippen molar-refractivity contribution in [1.82, 2.24) is 4.90 Å². The quantitative estimate of drug-likeness (QED) is 0.620. The Labute approximate surface area is 87.5 Å². The molecule has 1 unspecified atom stereocenters. The lowest BCUT2D eigenvalue weighted by Gasteiger charge is -2.45. The molecule has 1 nitrogen and oxygen atoms in total. The largest absolute Gasteiger partial charge is 0.303 e. The highest BCUT2D eigenvalue weighted by Crippen LogP contribution is 2.35. The lowest BCUT2D eigenvalue weighted by molar-refractivity contribution is 0.0516. The van der Waals surface area contributed by atoms with Gasteiger partial charge in [0.15, 0.2) is 0 Å². The van der Waals surface area contributed by atoms with E-state index in [9.17, 15) is 0 Å². The van der Waals surface area contributed by atoms with E-state index in [1.54, 1.807) is 0 Å². The van der Waals surface area contributed by atoms with Gasteiger partial charge < -0.3 is 4.90 Å². The van der Waals surface area contributed by atoms with Crippen molar-refractivity contribution in [3.63, 3.8) is 0 Å².